The Balaban J connectivity index is 0.000000232. The van der Waals surface area contributed by atoms with Crippen LogP contribution in [0.2, 0.25) is 0 Å². The van der Waals surface area contributed by atoms with Gasteiger partial charge < -0.3 is 19.2 Å². The van der Waals surface area contributed by atoms with Crippen LogP contribution in [0, 0.1) is 12.1 Å². The fraction of sp³-hybridized carbons (Fsp3) is 0.222. The molecule has 6 aromatic carbocycles. The molecular formula is C54H56BBrIr2N4O2-2. The Labute approximate surface area is 416 Å². The van der Waals surface area contributed by atoms with E-state index < -0.39 is 7.12 Å². The summed E-state index contributed by atoms with van der Waals surface area (Å²) in [6.45, 7) is 18.0. The molecule has 0 unspecified atom stereocenters. The van der Waals surface area contributed by atoms with Gasteiger partial charge in [-0.15, -0.1) is 71.8 Å². The molecule has 0 aliphatic rings. The van der Waals surface area contributed by atoms with Gasteiger partial charge in [0, 0.05) is 80.8 Å². The second-order valence-corrected chi connectivity index (χ2v) is 17.4. The van der Waals surface area contributed by atoms with E-state index in [0.29, 0.717) is 29.1 Å². The third-order valence-corrected chi connectivity index (χ3v) is 11.1. The molecule has 2 heterocycles. The van der Waals surface area contributed by atoms with Crippen molar-refractivity contribution in [3.05, 3.63) is 197 Å². The average Bonchev–Trinajstić information content (AvgIpc) is 3.98. The topological polar surface area (TPSA) is 76.1 Å². The van der Waals surface area contributed by atoms with Crippen molar-refractivity contribution >= 4 is 28.5 Å². The van der Waals surface area contributed by atoms with Crippen LogP contribution in [0.15, 0.2) is 163 Å². The molecule has 334 valence electrons. The number of nitrogens with zero attached hydrogens (tertiary/aromatic N) is 4. The summed E-state index contributed by atoms with van der Waals surface area (Å²) >= 11 is 3.68. The maximum atomic E-state index is 8.58. The van der Waals surface area contributed by atoms with Gasteiger partial charge in [-0.3, -0.25) is 9.97 Å². The molecule has 2 aromatic heterocycles. The van der Waals surface area contributed by atoms with Gasteiger partial charge in [0.25, 0.3) is 0 Å². The molecule has 0 atom stereocenters. The van der Waals surface area contributed by atoms with Gasteiger partial charge in [0.05, 0.1) is 11.6 Å². The van der Waals surface area contributed by atoms with Gasteiger partial charge in [-0.25, -0.2) is 0 Å². The molecule has 0 amide bonds. The van der Waals surface area contributed by atoms with E-state index >= 15 is 0 Å². The summed E-state index contributed by atoms with van der Waals surface area (Å²) in [5, 5.41) is 17.2. The van der Waals surface area contributed by atoms with Crippen molar-refractivity contribution in [1.29, 1.82) is 0 Å². The third-order valence-electron chi connectivity index (χ3n) is 10.7. The molecule has 0 saturated carbocycles. The first-order chi connectivity index (χ1) is 29.8. The summed E-state index contributed by atoms with van der Waals surface area (Å²) < 4.78 is 5.58. The first kappa shape index (κ1) is 52.1. The van der Waals surface area contributed by atoms with Crippen LogP contribution in [0.3, 0.4) is 0 Å². The zero-order chi connectivity index (χ0) is 44.3. The Hall–Kier alpha value is -4.50. The van der Waals surface area contributed by atoms with Crippen molar-refractivity contribution in [3.8, 4) is 45.3 Å². The maximum Gasteiger partial charge on any atom is 0.488 e. The minimum atomic E-state index is -1.34. The zero-order valence-electron chi connectivity index (χ0n) is 37.6. The summed E-state index contributed by atoms with van der Waals surface area (Å²) in [5.41, 5.74) is 12.9. The van der Waals surface area contributed by atoms with E-state index in [1.165, 1.54) is 44.8 Å². The Morgan fingerprint density at radius 3 is 1.22 bits per heavy atom. The first-order valence-electron chi connectivity index (χ1n) is 21.3. The Kier molecular flexibility index (Phi) is 20.1. The fourth-order valence-corrected chi connectivity index (χ4v) is 7.99. The van der Waals surface area contributed by atoms with Crippen molar-refractivity contribution < 1.29 is 50.3 Å². The molecule has 64 heavy (non-hydrogen) atoms. The maximum absolute atomic E-state index is 8.58. The van der Waals surface area contributed by atoms with Crippen LogP contribution >= 0.6 is 15.9 Å². The van der Waals surface area contributed by atoms with E-state index in [4.69, 9.17) is 10.0 Å². The predicted molar refractivity (Wildman–Crippen MR) is 261 cm³/mol. The van der Waals surface area contributed by atoms with Crippen LogP contribution in [0.25, 0.3) is 45.3 Å². The van der Waals surface area contributed by atoms with Crippen LogP contribution in [-0.4, -0.2) is 36.3 Å². The molecule has 8 aromatic rings. The Morgan fingerprint density at radius 2 is 0.875 bits per heavy atom. The van der Waals surface area contributed by atoms with Crippen LogP contribution in [0.4, 0.5) is 0 Å². The van der Waals surface area contributed by atoms with E-state index in [0.717, 1.165) is 27.2 Å². The quantitative estimate of drug-likeness (QED) is 0.106. The number of halogens is 1. The largest absolute Gasteiger partial charge is 0.488 e. The van der Waals surface area contributed by atoms with Crippen molar-refractivity contribution in [2.45, 2.75) is 79.1 Å². The zero-order valence-corrected chi connectivity index (χ0v) is 44.0. The van der Waals surface area contributed by atoms with Gasteiger partial charge in [-0.1, -0.05) is 132 Å². The summed E-state index contributed by atoms with van der Waals surface area (Å²) in [7, 11) is -1.34. The third kappa shape index (κ3) is 12.9. The molecule has 0 aliphatic heterocycles. The minimum Gasteiger partial charge on any atom is -0.423 e. The summed E-state index contributed by atoms with van der Waals surface area (Å²) in [6, 6.07) is 51.1. The minimum absolute atomic E-state index is 0. The number of imidazole rings is 2. The van der Waals surface area contributed by atoms with Crippen LogP contribution in [0.1, 0.15) is 101 Å². The van der Waals surface area contributed by atoms with E-state index in [2.05, 4.69) is 182 Å². The molecule has 0 saturated heterocycles. The van der Waals surface area contributed by atoms with Gasteiger partial charge in [0.1, 0.15) is 0 Å². The van der Waals surface area contributed by atoms with E-state index in [1.54, 1.807) is 24.3 Å². The predicted octanol–water partition coefficient (Wildman–Crippen LogP) is 13.0. The first-order valence-corrected chi connectivity index (χ1v) is 22.1. The number of benzene rings is 6. The average molecular weight is 1270 g/mol. The van der Waals surface area contributed by atoms with E-state index in [1.807, 2.05) is 54.9 Å². The SMILES string of the molecule is CC(C)c1cc(-c2ccccc2)cc(C(C)C)c1-n1ccnc1-c1[c-]cccc1.CC(C)c1cc(Br)cc(C(C)C)c1-n1ccnc1-c1[c-]cccc1.OB(O)c1ccccc1.[Ir].[Ir]. The molecule has 0 fully saturated rings. The van der Waals surface area contributed by atoms with Crippen LogP contribution in [0.5, 0.6) is 0 Å². The van der Waals surface area contributed by atoms with Gasteiger partial charge in [-0.05, 0) is 86.8 Å². The van der Waals surface area contributed by atoms with E-state index in [-0.39, 0.29) is 40.2 Å². The van der Waals surface area contributed by atoms with Crippen molar-refractivity contribution in [1.82, 2.24) is 19.1 Å². The standard InChI is InChI=1S/C27H27N2.C21H22BrN2.C6H7BO2.2Ir/c1-19(2)24-17-23(21-11-7-5-8-12-21)18-25(20(3)4)26(24)29-16-15-28-27(29)22-13-9-6-10-14-22;1-14(2)18-12-17(22)13-19(15(3)4)20(18)24-11-10-23-21(24)16-8-6-5-7-9-16;8-7(9)6-4-2-1-3-5-6;;/h5-13,15-20H,1-4H3;5-8,10-15H,1-4H3;1-5,8-9H;;/q2*-1;;;. The molecule has 2 N–H and O–H groups in total. The van der Waals surface area contributed by atoms with Gasteiger partial charge >= 0.3 is 7.12 Å². The molecule has 2 radical (unpaired) electrons. The van der Waals surface area contributed by atoms with Gasteiger partial charge in [-0.2, -0.15) is 0 Å². The molecular weight excluding hydrogens is 1210 g/mol. The molecule has 8 rings (SSSR count). The van der Waals surface area contributed by atoms with Crippen LogP contribution < -0.4 is 5.46 Å². The number of hydrogen-bond donors (Lipinski definition) is 2. The Morgan fingerprint density at radius 1 is 0.500 bits per heavy atom. The van der Waals surface area contributed by atoms with Gasteiger partial charge in [0.2, 0.25) is 0 Å². The van der Waals surface area contributed by atoms with Crippen molar-refractivity contribution in [3.63, 3.8) is 0 Å². The summed E-state index contributed by atoms with van der Waals surface area (Å²) in [6.07, 6.45) is 7.88. The summed E-state index contributed by atoms with van der Waals surface area (Å²) in [5.74, 6) is 3.49. The van der Waals surface area contributed by atoms with Gasteiger partial charge in [0.15, 0.2) is 0 Å². The van der Waals surface area contributed by atoms with Crippen molar-refractivity contribution in [2.75, 3.05) is 0 Å². The number of rotatable bonds is 10. The molecule has 0 spiro atoms. The fourth-order valence-electron chi connectivity index (χ4n) is 7.49. The van der Waals surface area contributed by atoms with Crippen molar-refractivity contribution in [2.24, 2.45) is 0 Å². The Bertz CT molecular complexity index is 2580. The molecule has 6 nitrogen and oxygen atoms in total. The van der Waals surface area contributed by atoms with Crippen LogP contribution in [-0.2, 0) is 40.2 Å². The second kappa shape index (κ2) is 24.7. The normalized spacial score (nSPS) is 10.7. The molecule has 0 bridgehead atoms. The second-order valence-electron chi connectivity index (χ2n) is 16.5. The molecule has 10 heteroatoms. The molecule has 0 aliphatic carbocycles. The monoisotopic (exact) mass is 1270 g/mol. The smallest absolute Gasteiger partial charge is 0.423 e. The van der Waals surface area contributed by atoms with E-state index in [9.17, 15) is 0 Å². The summed E-state index contributed by atoms with van der Waals surface area (Å²) in [4.78, 5) is 9.28. The number of aromatic nitrogens is 4. The number of hydrogen-bond acceptors (Lipinski definition) is 4.